The largest absolute Gasteiger partial charge is 0.320 e. The normalized spacial score (nSPS) is 21.2. The number of hydrogen-bond donors (Lipinski definition) is 2. The Morgan fingerprint density at radius 3 is 2.85 bits per heavy atom. The second kappa shape index (κ2) is 5.67. The lowest BCUT2D eigenvalue weighted by molar-refractivity contribution is -0.384. The number of benzene rings is 1. The van der Waals surface area contributed by atoms with E-state index in [1.807, 2.05) is 13.0 Å². The summed E-state index contributed by atoms with van der Waals surface area (Å²) >= 11 is 0. The molecule has 7 nitrogen and oxygen atoms in total. The fraction of sp³-hybridized carbons (Fsp3) is 0.385. The Morgan fingerprint density at radius 2 is 2.30 bits per heavy atom. The van der Waals surface area contributed by atoms with Crippen molar-refractivity contribution in [2.45, 2.75) is 6.92 Å². The molecule has 104 valence electrons. The average Bonchev–Trinajstić information content (AvgIpc) is 2.85. The van der Waals surface area contributed by atoms with E-state index in [1.165, 1.54) is 12.1 Å². The van der Waals surface area contributed by atoms with E-state index in [-0.39, 0.29) is 34.7 Å². The molecule has 2 N–H and O–H groups in total. The van der Waals surface area contributed by atoms with E-state index < -0.39 is 4.92 Å². The van der Waals surface area contributed by atoms with Crippen LogP contribution in [-0.2, 0) is 4.79 Å². The van der Waals surface area contributed by atoms with E-state index in [9.17, 15) is 14.9 Å². The maximum absolute atomic E-state index is 12.1. The van der Waals surface area contributed by atoms with Crippen molar-refractivity contribution in [2.75, 3.05) is 18.4 Å². The number of anilines is 1. The number of carbonyl (C=O) groups excluding carboxylic acids is 1. The third-order valence-corrected chi connectivity index (χ3v) is 3.44. The van der Waals surface area contributed by atoms with Gasteiger partial charge < -0.3 is 10.6 Å². The molecule has 1 aromatic carbocycles. The number of carbonyl (C=O) groups is 1. The Labute approximate surface area is 115 Å². The molecule has 1 aliphatic heterocycles. The number of nitro groups is 1. The van der Waals surface area contributed by atoms with Gasteiger partial charge in [0.1, 0.15) is 5.69 Å². The van der Waals surface area contributed by atoms with Crippen molar-refractivity contribution in [3.8, 4) is 6.07 Å². The number of nitrogens with one attached hydrogen (secondary N) is 2. The first-order chi connectivity index (χ1) is 9.52. The zero-order chi connectivity index (χ0) is 14.7. The first kappa shape index (κ1) is 14.0. The quantitative estimate of drug-likeness (QED) is 0.637. The minimum absolute atomic E-state index is 0.123. The zero-order valence-electron chi connectivity index (χ0n) is 10.9. The highest BCUT2D eigenvalue weighted by molar-refractivity contribution is 5.95. The fourth-order valence-corrected chi connectivity index (χ4v) is 2.24. The van der Waals surface area contributed by atoms with Gasteiger partial charge in [-0.25, -0.2) is 0 Å². The van der Waals surface area contributed by atoms with Crippen LogP contribution in [0.3, 0.4) is 0 Å². The van der Waals surface area contributed by atoms with Gasteiger partial charge in [-0.05, 0) is 24.6 Å². The standard InChI is InChI=1S/C13H14N4O3/c1-8-6-15-7-10(8)13(18)16-11-3-2-9(5-14)4-12(11)17(19)20/h2-4,8,10,15H,6-7H2,1H3,(H,16,18)/t8-,10-/m1/s1. The van der Waals surface area contributed by atoms with Crippen molar-refractivity contribution >= 4 is 17.3 Å². The summed E-state index contributed by atoms with van der Waals surface area (Å²) < 4.78 is 0. The molecule has 0 radical (unpaired) electrons. The molecular weight excluding hydrogens is 260 g/mol. The maximum atomic E-state index is 12.1. The second-order valence-corrected chi connectivity index (χ2v) is 4.83. The van der Waals surface area contributed by atoms with E-state index >= 15 is 0 Å². The number of amides is 1. The van der Waals surface area contributed by atoms with E-state index in [2.05, 4.69) is 10.6 Å². The van der Waals surface area contributed by atoms with E-state index in [4.69, 9.17) is 5.26 Å². The first-order valence-corrected chi connectivity index (χ1v) is 6.23. The summed E-state index contributed by atoms with van der Waals surface area (Å²) in [4.78, 5) is 22.5. The van der Waals surface area contributed by atoms with Gasteiger partial charge in [-0.2, -0.15) is 5.26 Å². The Hall–Kier alpha value is -2.46. The molecular formula is C13H14N4O3. The van der Waals surface area contributed by atoms with Crippen LogP contribution in [-0.4, -0.2) is 23.9 Å². The summed E-state index contributed by atoms with van der Waals surface area (Å²) in [6.45, 7) is 3.28. The minimum atomic E-state index is -0.604. The summed E-state index contributed by atoms with van der Waals surface area (Å²) in [6.07, 6.45) is 0. The Bertz CT molecular complexity index is 594. The van der Waals surface area contributed by atoms with Crippen LogP contribution in [0.1, 0.15) is 12.5 Å². The number of rotatable bonds is 3. The summed E-state index contributed by atoms with van der Waals surface area (Å²) in [5, 5.41) is 25.4. The van der Waals surface area contributed by atoms with Crippen molar-refractivity contribution in [3.05, 3.63) is 33.9 Å². The third-order valence-electron chi connectivity index (χ3n) is 3.44. The molecule has 7 heteroatoms. The molecule has 0 aromatic heterocycles. The zero-order valence-corrected chi connectivity index (χ0v) is 10.9. The lowest BCUT2D eigenvalue weighted by Crippen LogP contribution is -2.28. The third kappa shape index (κ3) is 2.75. The summed E-state index contributed by atoms with van der Waals surface area (Å²) in [5.41, 5.74) is 0.0414. The SMILES string of the molecule is C[C@@H]1CNC[C@H]1C(=O)Nc1ccc(C#N)cc1[N+](=O)[O-]. The maximum Gasteiger partial charge on any atom is 0.294 e. The molecule has 0 aliphatic carbocycles. The molecule has 0 bridgehead atoms. The number of nitro benzene ring substituents is 1. The smallest absolute Gasteiger partial charge is 0.294 e. The van der Waals surface area contributed by atoms with Gasteiger partial charge in [0.05, 0.1) is 22.5 Å². The Balaban J connectivity index is 2.23. The minimum Gasteiger partial charge on any atom is -0.320 e. The van der Waals surface area contributed by atoms with Crippen LogP contribution < -0.4 is 10.6 Å². The molecule has 2 rings (SSSR count). The number of hydrogen-bond acceptors (Lipinski definition) is 5. The predicted molar refractivity (Wildman–Crippen MR) is 72.0 cm³/mol. The van der Waals surface area contributed by atoms with Crippen molar-refractivity contribution in [1.82, 2.24) is 5.32 Å². The van der Waals surface area contributed by atoms with E-state index in [0.29, 0.717) is 6.54 Å². The van der Waals surface area contributed by atoms with Gasteiger partial charge in [-0.3, -0.25) is 14.9 Å². The molecule has 2 atom stereocenters. The van der Waals surface area contributed by atoms with Crippen LogP contribution in [0.15, 0.2) is 18.2 Å². The van der Waals surface area contributed by atoms with E-state index in [1.54, 1.807) is 0 Å². The highest BCUT2D eigenvalue weighted by Gasteiger charge is 2.30. The van der Waals surface area contributed by atoms with Crippen molar-refractivity contribution < 1.29 is 9.72 Å². The Morgan fingerprint density at radius 1 is 1.55 bits per heavy atom. The predicted octanol–water partition coefficient (Wildman–Crippen LogP) is 1.26. The molecule has 20 heavy (non-hydrogen) atoms. The highest BCUT2D eigenvalue weighted by Crippen LogP contribution is 2.27. The molecule has 1 aliphatic rings. The summed E-state index contributed by atoms with van der Waals surface area (Å²) in [7, 11) is 0. The van der Waals surface area contributed by atoms with Gasteiger partial charge in [0.2, 0.25) is 5.91 Å². The first-order valence-electron chi connectivity index (χ1n) is 6.23. The second-order valence-electron chi connectivity index (χ2n) is 4.83. The van der Waals surface area contributed by atoms with Crippen molar-refractivity contribution in [3.63, 3.8) is 0 Å². The van der Waals surface area contributed by atoms with Crippen molar-refractivity contribution in [2.24, 2.45) is 11.8 Å². The van der Waals surface area contributed by atoms with Gasteiger partial charge in [0.25, 0.3) is 5.69 Å². The molecule has 0 unspecified atom stereocenters. The van der Waals surface area contributed by atoms with Crippen LogP contribution in [0, 0.1) is 33.3 Å². The monoisotopic (exact) mass is 274 g/mol. The van der Waals surface area contributed by atoms with E-state index in [0.717, 1.165) is 12.6 Å². The summed E-state index contributed by atoms with van der Waals surface area (Å²) in [5.74, 6) is -0.256. The van der Waals surface area contributed by atoms with Gasteiger partial charge in [0.15, 0.2) is 0 Å². The molecule has 0 saturated carbocycles. The van der Waals surface area contributed by atoms with Gasteiger partial charge in [-0.15, -0.1) is 0 Å². The Kier molecular flexibility index (Phi) is 3.96. The fourth-order valence-electron chi connectivity index (χ4n) is 2.24. The molecule has 1 fully saturated rings. The van der Waals surface area contributed by atoms with Crippen LogP contribution in [0.2, 0.25) is 0 Å². The molecule has 1 aromatic rings. The van der Waals surface area contributed by atoms with Crippen LogP contribution >= 0.6 is 0 Å². The number of nitrogens with zero attached hydrogens (tertiary/aromatic N) is 2. The molecule has 0 spiro atoms. The number of nitriles is 1. The van der Waals surface area contributed by atoms with Crippen LogP contribution in [0.25, 0.3) is 0 Å². The van der Waals surface area contributed by atoms with Gasteiger partial charge in [0, 0.05) is 12.6 Å². The molecule has 1 heterocycles. The molecule has 1 amide bonds. The van der Waals surface area contributed by atoms with Crippen LogP contribution in [0.4, 0.5) is 11.4 Å². The van der Waals surface area contributed by atoms with Crippen molar-refractivity contribution in [1.29, 1.82) is 5.26 Å². The van der Waals surface area contributed by atoms with Crippen LogP contribution in [0.5, 0.6) is 0 Å². The average molecular weight is 274 g/mol. The summed E-state index contributed by atoms with van der Waals surface area (Å²) in [6, 6.07) is 5.83. The lowest BCUT2D eigenvalue weighted by Gasteiger charge is -2.14. The van der Waals surface area contributed by atoms with Gasteiger partial charge >= 0.3 is 0 Å². The topological polar surface area (TPSA) is 108 Å². The molecule has 1 saturated heterocycles. The highest BCUT2D eigenvalue weighted by atomic mass is 16.6. The lowest BCUT2D eigenvalue weighted by atomic mass is 9.97. The van der Waals surface area contributed by atoms with Gasteiger partial charge in [-0.1, -0.05) is 6.92 Å².